The lowest BCUT2D eigenvalue weighted by molar-refractivity contribution is -0.274. The van der Waals surface area contributed by atoms with Crippen LogP contribution in [0.4, 0.5) is 18.9 Å². The van der Waals surface area contributed by atoms with E-state index in [1.54, 1.807) is 12.1 Å². The Labute approximate surface area is 201 Å². The highest BCUT2D eigenvalue weighted by atomic mass is 19.4. The molecule has 1 saturated carbocycles. The molecule has 0 spiro atoms. The molecule has 1 saturated heterocycles. The molecule has 2 fully saturated rings. The second-order valence-corrected chi connectivity index (χ2v) is 9.40. The van der Waals surface area contributed by atoms with Crippen LogP contribution in [-0.4, -0.2) is 29.5 Å². The normalized spacial score (nSPS) is 23.1. The van der Waals surface area contributed by atoms with Crippen LogP contribution in [0, 0.1) is 5.92 Å². The number of amides is 2. The van der Waals surface area contributed by atoms with Crippen LogP contribution in [0.1, 0.15) is 56.1 Å². The number of anilines is 1. The largest absolute Gasteiger partial charge is 0.573 e. The van der Waals surface area contributed by atoms with E-state index in [4.69, 9.17) is 0 Å². The number of carbonyl (C=O) groups is 3. The molecule has 4 rings (SSSR count). The monoisotopic (exact) mass is 488 g/mol. The Kier molecular flexibility index (Phi) is 6.87. The minimum Gasteiger partial charge on any atom is -0.406 e. The lowest BCUT2D eigenvalue weighted by Crippen LogP contribution is -2.46. The van der Waals surface area contributed by atoms with Crippen LogP contribution in [0.2, 0.25) is 0 Å². The third-order valence-corrected chi connectivity index (χ3v) is 6.73. The highest BCUT2D eigenvalue weighted by Gasteiger charge is 2.53. The average molecular weight is 489 g/mol. The van der Waals surface area contributed by atoms with Crippen LogP contribution in [-0.2, 0) is 20.8 Å². The molecule has 1 aliphatic heterocycles. The summed E-state index contributed by atoms with van der Waals surface area (Å²) in [5.74, 6) is -3.84. The first-order valence-corrected chi connectivity index (χ1v) is 11.7. The number of para-hydroxylation sites is 1. The highest BCUT2D eigenvalue weighted by molar-refractivity contribution is 6.27. The van der Waals surface area contributed by atoms with Crippen molar-refractivity contribution in [2.24, 2.45) is 5.92 Å². The fraction of sp³-hybridized carbons (Fsp3) is 0.423. The predicted octanol–water partition coefficient (Wildman–Crippen LogP) is 4.89. The topological polar surface area (TPSA) is 84.5 Å². The highest BCUT2D eigenvalue weighted by Crippen LogP contribution is 2.34. The second-order valence-electron chi connectivity index (χ2n) is 9.40. The number of carbonyl (C=O) groups excluding carboxylic acids is 3. The van der Waals surface area contributed by atoms with Crippen LogP contribution in [0.3, 0.4) is 0 Å². The molecular formula is C26H27F3N2O4. The molecule has 2 aromatic carbocycles. The van der Waals surface area contributed by atoms with Crippen molar-refractivity contribution in [3.8, 4) is 5.75 Å². The predicted molar refractivity (Wildman–Crippen MR) is 123 cm³/mol. The van der Waals surface area contributed by atoms with Gasteiger partial charge in [0.2, 0.25) is 11.8 Å². The molecule has 2 amide bonds. The van der Waals surface area contributed by atoms with E-state index < -0.39 is 41.2 Å². The van der Waals surface area contributed by atoms with E-state index >= 15 is 0 Å². The lowest BCUT2D eigenvalue weighted by Gasteiger charge is -2.24. The summed E-state index contributed by atoms with van der Waals surface area (Å²) >= 11 is 0. The Bertz CT molecular complexity index is 1110. The van der Waals surface area contributed by atoms with Crippen LogP contribution in [0.25, 0.3) is 0 Å². The van der Waals surface area contributed by atoms with Gasteiger partial charge in [-0.05, 0) is 55.0 Å². The Morgan fingerprint density at radius 3 is 2.37 bits per heavy atom. The van der Waals surface area contributed by atoms with Crippen molar-refractivity contribution in [1.29, 1.82) is 0 Å². The van der Waals surface area contributed by atoms with Crippen molar-refractivity contribution in [1.82, 2.24) is 5.32 Å². The molecule has 2 aromatic rings. The van der Waals surface area contributed by atoms with Crippen molar-refractivity contribution in [3.63, 3.8) is 0 Å². The van der Waals surface area contributed by atoms with E-state index in [1.807, 2.05) is 12.1 Å². The molecule has 2 atom stereocenters. The zero-order valence-corrected chi connectivity index (χ0v) is 19.3. The summed E-state index contributed by atoms with van der Waals surface area (Å²) < 4.78 is 42.3. The maximum absolute atomic E-state index is 13.1. The Morgan fingerprint density at radius 1 is 1.06 bits per heavy atom. The van der Waals surface area contributed by atoms with E-state index in [1.165, 1.54) is 49.9 Å². The maximum atomic E-state index is 13.1. The number of ketones is 1. The van der Waals surface area contributed by atoms with Gasteiger partial charge in [-0.25, -0.2) is 0 Å². The average Bonchev–Trinajstić information content (AvgIpc) is 3.03. The van der Waals surface area contributed by atoms with Crippen molar-refractivity contribution in [3.05, 3.63) is 59.7 Å². The van der Waals surface area contributed by atoms with Crippen molar-refractivity contribution in [2.45, 2.75) is 63.3 Å². The maximum Gasteiger partial charge on any atom is 0.573 e. The van der Waals surface area contributed by atoms with Crippen LogP contribution in [0.15, 0.2) is 48.5 Å². The minimum atomic E-state index is -4.91. The van der Waals surface area contributed by atoms with Gasteiger partial charge in [0.05, 0.1) is 0 Å². The van der Waals surface area contributed by atoms with Gasteiger partial charge in [0, 0.05) is 12.1 Å². The zero-order chi connectivity index (χ0) is 25.2. The molecule has 2 aliphatic rings. The smallest absolute Gasteiger partial charge is 0.406 e. The molecular weight excluding hydrogens is 461 g/mol. The molecule has 2 unspecified atom stereocenters. The summed E-state index contributed by atoms with van der Waals surface area (Å²) in [6, 6.07) is 12.8. The molecule has 0 aromatic heterocycles. The zero-order valence-electron chi connectivity index (χ0n) is 19.3. The van der Waals surface area contributed by atoms with E-state index in [2.05, 4.69) is 15.4 Å². The third-order valence-electron chi connectivity index (χ3n) is 6.73. The van der Waals surface area contributed by atoms with E-state index in [0.29, 0.717) is 11.6 Å². The summed E-state index contributed by atoms with van der Waals surface area (Å²) in [7, 11) is 0. The second kappa shape index (κ2) is 9.71. The molecule has 1 heterocycles. The molecule has 6 nitrogen and oxygen atoms in total. The molecule has 1 aliphatic carbocycles. The number of benzene rings is 2. The quantitative estimate of drug-likeness (QED) is 0.568. The van der Waals surface area contributed by atoms with Crippen molar-refractivity contribution < 1.29 is 32.3 Å². The summed E-state index contributed by atoms with van der Waals surface area (Å²) in [6.45, 7) is 1.39. The number of Topliss-reactive ketones (excluding diaryl/α,β-unsaturated/α-hetero) is 1. The summed E-state index contributed by atoms with van der Waals surface area (Å²) in [5.41, 5.74) is 0.187. The van der Waals surface area contributed by atoms with Gasteiger partial charge in [0.15, 0.2) is 11.7 Å². The first kappa shape index (κ1) is 24.8. The minimum absolute atomic E-state index is 0.0836. The number of nitrogens with one attached hydrogen (secondary N) is 2. The van der Waals surface area contributed by atoms with Crippen LogP contribution >= 0.6 is 0 Å². The standard InChI is InChI=1S/C26H27F3N2O4/c1-25(15-18-9-5-6-10-20(18)35-26(27,28)29)22(32)21(24(34)31-25)23(33)30-19-13-11-17(12-14-19)16-7-3-2-4-8-16/h5-6,9-14,16,21H,2-4,7-8,15H2,1H3,(H,30,33)(H,31,34). The van der Waals surface area contributed by atoms with Gasteiger partial charge in [-0.1, -0.05) is 49.6 Å². The van der Waals surface area contributed by atoms with Gasteiger partial charge in [-0.2, -0.15) is 0 Å². The Morgan fingerprint density at radius 2 is 1.71 bits per heavy atom. The molecule has 2 N–H and O–H groups in total. The van der Waals surface area contributed by atoms with Crippen molar-refractivity contribution in [2.75, 3.05) is 5.32 Å². The van der Waals surface area contributed by atoms with Crippen LogP contribution in [0.5, 0.6) is 5.75 Å². The number of halogens is 3. The van der Waals surface area contributed by atoms with Gasteiger partial charge in [0.25, 0.3) is 0 Å². The summed E-state index contributed by atoms with van der Waals surface area (Å²) in [4.78, 5) is 38.6. The molecule has 0 radical (unpaired) electrons. The van der Waals surface area contributed by atoms with E-state index in [9.17, 15) is 27.6 Å². The van der Waals surface area contributed by atoms with Crippen LogP contribution < -0.4 is 15.4 Å². The summed E-state index contributed by atoms with van der Waals surface area (Å²) in [5, 5.41) is 5.13. The number of alkyl halides is 3. The number of hydrogen-bond donors (Lipinski definition) is 2. The fourth-order valence-electron chi connectivity index (χ4n) is 4.96. The lowest BCUT2D eigenvalue weighted by atomic mass is 9.84. The number of hydrogen-bond acceptors (Lipinski definition) is 4. The molecule has 9 heteroatoms. The van der Waals surface area contributed by atoms with E-state index in [0.717, 1.165) is 18.9 Å². The fourth-order valence-corrected chi connectivity index (χ4v) is 4.96. The summed E-state index contributed by atoms with van der Waals surface area (Å²) in [6.07, 6.45) is 0.762. The Balaban J connectivity index is 1.45. The van der Waals surface area contributed by atoms with Gasteiger partial charge in [0.1, 0.15) is 11.3 Å². The first-order chi connectivity index (χ1) is 16.6. The molecule has 35 heavy (non-hydrogen) atoms. The molecule has 0 bridgehead atoms. The van der Waals surface area contributed by atoms with E-state index in [-0.39, 0.29) is 12.0 Å². The SMILES string of the molecule is CC1(Cc2ccccc2OC(F)(F)F)NC(=O)C(C(=O)Nc2ccc(C3CCCCC3)cc2)C1=O. The molecule has 186 valence electrons. The number of rotatable bonds is 6. The Hall–Kier alpha value is -3.36. The first-order valence-electron chi connectivity index (χ1n) is 11.7. The van der Waals surface area contributed by atoms with Gasteiger partial charge in [-0.3, -0.25) is 14.4 Å². The third kappa shape index (κ3) is 5.66. The van der Waals surface area contributed by atoms with Crippen molar-refractivity contribution >= 4 is 23.3 Å². The van der Waals surface area contributed by atoms with Gasteiger partial charge < -0.3 is 15.4 Å². The number of ether oxygens (including phenoxy) is 1. The van der Waals surface area contributed by atoms with Gasteiger partial charge >= 0.3 is 6.36 Å². The van der Waals surface area contributed by atoms with Gasteiger partial charge in [-0.15, -0.1) is 13.2 Å².